The topological polar surface area (TPSA) is 9.23 Å². The van der Waals surface area contributed by atoms with Gasteiger partial charge in [0.1, 0.15) is 0 Å². The number of benzene rings is 2. The van der Waals surface area contributed by atoms with E-state index in [2.05, 4.69) is 62.1 Å². The molecular formula is C17H24OSSi. The van der Waals surface area contributed by atoms with Crippen LogP contribution in [0.15, 0.2) is 42.5 Å². The van der Waals surface area contributed by atoms with Crippen molar-refractivity contribution in [3.05, 3.63) is 48.0 Å². The first kappa shape index (κ1) is 15.6. The second kappa shape index (κ2) is 6.79. The Morgan fingerprint density at radius 2 is 1.75 bits per heavy atom. The van der Waals surface area contributed by atoms with Crippen molar-refractivity contribution < 1.29 is 4.43 Å². The van der Waals surface area contributed by atoms with Gasteiger partial charge in [0.15, 0.2) is 8.32 Å². The van der Waals surface area contributed by atoms with Gasteiger partial charge in [-0.15, -0.1) is 0 Å². The van der Waals surface area contributed by atoms with Crippen molar-refractivity contribution in [2.24, 2.45) is 0 Å². The summed E-state index contributed by atoms with van der Waals surface area (Å²) in [7, 11) is -1.38. The van der Waals surface area contributed by atoms with E-state index in [-0.39, 0.29) is 5.25 Å². The van der Waals surface area contributed by atoms with Crippen LogP contribution in [0.25, 0.3) is 10.8 Å². The highest BCUT2D eigenvalue weighted by molar-refractivity contribution is 7.80. The van der Waals surface area contributed by atoms with E-state index in [1.165, 1.54) is 16.3 Å². The standard InChI is InChI=1S/C17H24OSSi/c1-20(2,3)18-13-7-12-17(19)16-11-6-9-14-8-4-5-10-15(14)16/h4-6,8-11,17,19H,7,12-13H2,1-3H3. The molecule has 0 amide bonds. The Morgan fingerprint density at radius 3 is 2.50 bits per heavy atom. The van der Waals surface area contributed by atoms with Crippen molar-refractivity contribution in [1.82, 2.24) is 0 Å². The van der Waals surface area contributed by atoms with Gasteiger partial charge in [0.2, 0.25) is 0 Å². The van der Waals surface area contributed by atoms with Crippen molar-refractivity contribution in [2.45, 2.75) is 37.7 Å². The lowest BCUT2D eigenvalue weighted by atomic mass is 10.00. The van der Waals surface area contributed by atoms with E-state index in [4.69, 9.17) is 17.1 Å². The van der Waals surface area contributed by atoms with Crippen molar-refractivity contribution >= 4 is 31.7 Å². The number of rotatable bonds is 6. The van der Waals surface area contributed by atoms with Gasteiger partial charge < -0.3 is 4.43 Å². The number of fused-ring (bicyclic) bond motifs is 1. The fourth-order valence-electron chi connectivity index (χ4n) is 2.35. The quantitative estimate of drug-likeness (QED) is 0.424. The Labute approximate surface area is 128 Å². The van der Waals surface area contributed by atoms with Crippen molar-refractivity contribution in [3.63, 3.8) is 0 Å². The lowest BCUT2D eigenvalue weighted by Gasteiger charge is -2.18. The van der Waals surface area contributed by atoms with Crippen LogP contribution < -0.4 is 0 Å². The van der Waals surface area contributed by atoms with E-state index in [0.717, 1.165) is 19.4 Å². The zero-order chi connectivity index (χ0) is 14.6. The summed E-state index contributed by atoms with van der Waals surface area (Å²) in [5.74, 6) is 0. The predicted octanol–water partition coefficient (Wildman–Crippen LogP) is 5.44. The highest BCUT2D eigenvalue weighted by Crippen LogP contribution is 2.31. The zero-order valence-electron chi connectivity index (χ0n) is 12.6. The summed E-state index contributed by atoms with van der Waals surface area (Å²) in [6.45, 7) is 7.55. The molecule has 1 nitrogen and oxygen atoms in total. The second-order valence-corrected chi connectivity index (χ2v) is 11.3. The first-order valence-electron chi connectivity index (χ1n) is 7.27. The molecule has 0 aliphatic carbocycles. The fraction of sp³-hybridized carbons (Fsp3) is 0.412. The summed E-state index contributed by atoms with van der Waals surface area (Å²) in [5.41, 5.74) is 1.33. The largest absolute Gasteiger partial charge is 0.418 e. The monoisotopic (exact) mass is 304 g/mol. The average molecular weight is 305 g/mol. The van der Waals surface area contributed by atoms with E-state index < -0.39 is 8.32 Å². The normalized spacial score (nSPS) is 13.6. The SMILES string of the molecule is C[Si](C)(C)OCCCC(S)c1cccc2ccccc12. The molecular weight excluding hydrogens is 280 g/mol. The minimum Gasteiger partial charge on any atom is -0.418 e. The molecule has 0 aromatic heterocycles. The maximum atomic E-state index is 5.91. The molecule has 3 heteroatoms. The third-order valence-electron chi connectivity index (χ3n) is 3.34. The summed E-state index contributed by atoms with van der Waals surface area (Å²) < 4.78 is 5.91. The van der Waals surface area contributed by atoms with Crippen LogP contribution in [-0.2, 0) is 4.43 Å². The van der Waals surface area contributed by atoms with Crippen LogP contribution in [-0.4, -0.2) is 14.9 Å². The molecule has 0 aliphatic rings. The third kappa shape index (κ3) is 4.37. The van der Waals surface area contributed by atoms with Gasteiger partial charge in [0.05, 0.1) is 0 Å². The second-order valence-electron chi connectivity index (χ2n) is 6.19. The molecule has 0 radical (unpaired) electrons. The van der Waals surface area contributed by atoms with Gasteiger partial charge >= 0.3 is 0 Å². The first-order valence-corrected chi connectivity index (χ1v) is 11.2. The van der Waals surface area contributed by atoms with Crippen LogP contribution in [0.2, 0.25) is 19.6 Å². The van der Waals surface area contributed by atoms with Crippen LogP contribution in [0, 0.1) is 0 Å². The molecule has 0 saturated carbocycles. The molecule has 0 heterocycles. The fourth-order valence-corrected chi connectivity index (χ4v) is 3.52. The molecule has 0 N–H and O–H groups in total. The van der Waals surface area contributed by atoms with Gasteiger partial charge in [0.25, 0.3) is 0 Å². The van der Waals surface area contributed by atoms with Gasteiger partial charge in [-0.25, -0.2) is 0 Å². The molecule has 2 aromatic rings. The van der Waals surface area contributed by atoms with Gasteiger partial charge in [-0.3, -0.25) is 0 Å². The van der Waals surface area contributed by atoms with E-state index in [0.29, 0.717) is 0 Å². The maximum Gasteiger partial charge on any atom is 0.183 e. The van der Waals surface area contributed by atoms with E-state index in [9.17, 15) is 0 Å². The Kier molecular flexibility index (Phi) is 5.30. The zero-order valence-corrected chi connectivity index (χ0v) is 14.5. The molecule has 1 atom stereocenters. The Morgan fingerprint density at radius 1 is 1.05 bits per heavy atom. The Hall–Kier alpha value is -0.773. The predicted molar refractivity (Wildman–Crippen MR) is 94.2 cm³/mol. The number of thiol groups is 1. The van der Waals surface area contributed by atoms with Crippen molar-refractivity contribution in [2.75, 3.05) is 6.61 Å². The molecule has 0 fully saturated rings. The number of hydrogen-bond acceptors (Lipinski definition) is 2. The highest BCUT2D eigenvalue weighted by Gasteiger charge is 2.14. The molecule has 2 rings (SSSR count). The first-order chi connectivity index (χ1) is 9.47. The summed E-state index contributed by atoms with van der Waals surface area (Å²) >= 11 is 4.80. The summed E-state index contributed by atoms with van der Waals surface area (Å²) in [5, 5.41) is 2.90. The molecule has 0 spiro atoms. The average Bonchev–Trinajstić information content (AvgIpc) is 2.41. The Balaban J connectivity index is 1.99. The van der Waals surface area contributed by atoms with Crippen molar-refractivity contribution in [3.8, 4) is 0 Å². The molecule has 0 bridgehead atoms. The summed E-state index contributed by atoms with van der Waals surface area (Å²) in [4.78, 5) is 0. The molecule has 20 heavy (non-hydrogen) atoms. The molecule has 0 aliphatic heterocycles. The Bertz CT molecular complexity index is 557. The number of hydrogen-bond donors (Lipinski definition) is 1. The van der Waals surface area contributed by atoms with Crippen LogP contribution in [0.1, 0.15) is 23.7 Å². The lowest BCUT2D eigenvalue weighted by Crippen LogP contribution is -2.25. The smallest absolute Gasteiger partial charge is 0.183 e. The summed E-state index contributed by atoms with van der Waals surface area (Å²) in [6, 6.07) is 15.0. The third-order valence-corrected chi connectivity index (χ3v) is 4.95. The van der Waals surface area contributed by atoms with Crippen LogP contribution in [0.5, 0.6) is 0 Å². The summed E-state index contributed by atoms with van der Waals surface area (Å²) in [6.07, 6.45) is 2.13. The van der Waals surface area contributed by atoms with Crippen LogP contribution >= 0.6 is 12.6 Å². The molecule has 0 saturated heterocycles. The van der Waals surface area contributed by atoms with Gasteiger partial charge in [0, 0.05) is 11.9 Å². The maximum absolute atomic E-state index is 5.91. The molecule has 108 valence electrons. The van der Waals surface area contributed by atoms with Gasteiger partial charge in [-0.05, 0) is 48.8 Å². The molecule has 2 aromatic carbocycles. The minimum atomic E-state index is -1.38. The van der Waals surface area contributed by atoms with Crippen molar-refractivity contribution in [1.29, 1.82) is 0 Å². The lowest BCUT2D eigenvalue weighted by molar-refractivity contribution is 0.300. The van der Waals surface area contributed by atoms with Gasteiger partial charge in [-0.1, -0.05) is 42.5 Å². The molecule has 1 unspecified atom stereocenters. The van der Waals surface area contributed by atoms with Gasteiger partial charge in [-0.2, -0.15) is 12.6 Å². The van der Waals surface area contributed by atoms with Crippen LogP contribution in [0.4, 0.5) is 0 Å². The minimum absolute atomic E-state index is 0.284. The van der Waals surface area contributed by atoms with E-state index in [1.807, 2.05) is 0 Å². The van der Waals surface area contributed by atoms with E-state index in [1.54, 1.807) is 0 Å². The van der Waals surface area contributed by atoms with E-state index >= 15 is 0 Å². The van der Waals surface area contributed by atoms with Crippen LogP contribution in [0.3, 0.4) is 0 Å². The highest BCUT2D eigenvalue weighted by atomic mass is 32.1.